The number of fused-ring (bicyclic) bond motifs is 1. The number of imidazole rings is 1. The summed E-state index contributed by atoms with van der Waals surface area (Å²) < 4.78 is 25.5. The normalized spacial score (nSPS) is 18.0. The number of unbranched alkanes of at least 4 members (excludes halogenated alkanes) is 22. The number of aromatic nitrogens is 4. The van der Waals surface area contributed by atoms with Crippen molar-refractivity contribution in [2.45, 2.75) is 258 Å². The summed E-state index contributed by atoms with van der Waals surface area (Å²) in [5.41, 5.74) is 6.80. The number of nitrogens with two attached hydrogens (primary N) is 1. The summed E-state index contributed by atoms with van der Waals surface area (Å²) >= 11 is 0. The van der Waals surface area contributed by atoms with Crippen LogP contribution in [-0.2, 0) is 28.5 Å². The smallest absolute Gasteiger partial charge is 0.308 e. The predicted octanol–water partition coefficient (Wildman–Crippen LogP) is 12.2. The molecule has 4 N–H and O–H groups in total. The van der Waals surface area contributed by atoms with Crippen LogP contribution in [0.3, 0.4) is 0 Å². The van der Waals surface area contributed by atoms with Gasteiger partial charge in [0, 0.05) is 6.54 Å². The van der Waals surface area contributed by atoms with Gasteiger partial charge in [-0.1, -0.05) is 182 Å². The number of esters is 2. The van der Waals surface area contributed by atoms with E-state index in [1.165, 1.54) is 115 Å². The highest BCUT2D eigenvalue weighted by Crippen LogP contribution is 2.32. The van der Waals surface area contributed by atoms with Crippen molar-refractivity contribution in [1.29, 1.82) is 0 Å². The van der Waals surface area contributed by atoms with Crippen LogP contribution in [0.2, 0.25) is 0 Å². The Morgan fingerprint density at radius 2 is 1.03 bits per heavy atom. The van der Waals surface area contributed by atoms with Crippen LogP contribution in [0.25, 0.3) is 11.2 Å². The molecule has 1 fully saturated rings. The molecular formula is C56H102N6O8. The van der Waals surface area contributed by atoms with E-state index >= 15 is 0 Å². The lowest BCUT2D eigenvalue weighted by molar-refractivity contribution is -0.150. The third-order valence-corrected chi connectivity index (χ3v) is 14.3. The summed E-state index contributed by atoms with van der Waals surface area (Å²) in [6.07, 6.45) is 34.9. The van der Waals surface area contributed by atoms with E-state index in [0.717, 1.165) is 122 Å². The third kappa shape index (κ3) is 25.2. The van der Waals surface area contributed by atoms with Crippen molar-refractivity contribution >= 4 is 28.9 Å². The fraction of sp³-hybridized carbons (Fsp3) is 0.875. The first-order valence-corrected chi connectivity index (χ1v) is 28.8. The van der Waals surface area contributed by atoms with Crippen LogP contribution in [0.5, 0.6) is 0 Å². The van der Waals surface area contributed by atoms with Gasteiger partial charge < -0.3 is 39.8 Å². The fourth-order valence-corrected chi connectivity index (χ4v) is 9.78. The zero-order chi connectivity index (χ0) is 50.4. The van der Waals surface area contributed by atoms with E-state index in [2.05, 4.69) is 47.5 Å². The van der Waals surface area contributed by atoms with Crippen LogP contribution in [0, 0.1) is 11.8 Å². The summed E-state index contributed by atoms with van der Waals surface area (Å²) in [5, 5.41) is 21.8. The molecule has 3 rings (SSSR count). The van der Waals surface area contributed by atoms with Gasteiger partial charge in [0.2, 0.25) is 0 Å². The highest BCUT2D eigenvalue weighted by molar-refractivity contribution is 5.81. The van der Waals surface area contributed by atoms with Gasteiger partial charge in [-0.15, -0.1) is 0 Å². The van der Waals surface area contributed by atoms with Gasteiger partial charge in [0.25, 0.3) is 0 Å². The van der Waals surface area contributed by atoms with Crippen LogP contribution < -0.4 is 5.73 Å². The molecule has 3 heterocycles. The Morgan fingerprint density at radius 3 is 1.53 bits per heavy atom. The number of ether oxygens (including phenoxy) is 4. The summed E-state index contributed by atoms with van der Waals surface area (Å²) in [6.45, 7) is 13.1. The van der Waals surface area contributed by atoms with Gasteiger partial charge >= 0.3 is 11.9 Å². The molecule has 0 amide bonds. The highest BCUT2D eigenvalue weighted by Gasteiger charge is 2.44. The molecule has 70 heavy (non-hydrogen) atoms. The summed E-state index contributed by atoms with van der Waals surface area (Å²) in [4.78, 5) is 41.3. The van der Waals surface area contributed by atoms with Crippen molar-refractivity contribution < 1.29 is 38.7 Å². The zero-order valence-electron chi connectivity index (χ0n) is 44.9. The Morgan fingerprint density at radius 1 is 0.586 bits per heavy atom. The summed E-state index contributed by atoms with van der Waals surface area (Å²) in [6, 6.07) is 0. The minimum absolute atomic E-state index is 0.00964. The van der Waals surface area contributed by atoms with E-state index in [0.29, 0.717) is 31.0 Å². The number of nitrogen functional groups attached to an aromatic ring is 1. The molecule has 1 aliphatic rings. The van der Waals surface area contributed by atoms with Gasteiger partial charge in [0.1, 0.15) is 30.2 Å². The molecule has 6 unspecified atom stereocenters. The Bertz CT molecular complexity index is 1540. The monoisotopic (exact) mass is 987 g/mol. The maximum Gasteiger partial charge on any atom is 0.308 e. The second-order valence-electron chi connectivity index (χ2n) is 20.4. The lowest BCUT2D eigenvalue weighted by Gasteiger charge is -2.23. The Balaban J connectivity index is 1.44. The van der Waals surface area contributed by atoms with Crippen molar-refractivity contribution in [3.05, 3.63) is 12.7 Å². The standard InChI is InChI=1S/C56H102N6O8/c1-5-9-13-17-19-27-35-46(33-25-15-11-7-3)55(65)68-40-31-23-21-29-37-61(38-30-22-24-32-41-69-56(66)47(34-26-16-12-8-4)36-28-20-18-14-10-6-2)39-42-67-43-48-50(63)51(64)54(70-48)62-45-60-49-52(57)58-44-59-53(49)62/h44-48,50-51,54,63-64H,5-43H2,1-4H3,(H2,57,58,59). The van der Waals surface area contributed by atoms with E-state index in [9.17, 15) is 19.8 Å². The molecule has 1 saturated heterocycles. The first kappa shape index (κ1) is 61.4. The van der Waals surface area contributed by atoms with Gasteiger partial charge in [-0.2, -0.15) is 0 Å². The molecule has 14 heteroatoms. The summed E-state index contributed by atoms with van der Waals surface area (Å²) in [7, 11) is 0. The van der Waals surface area contributed by atoms with Gasteiger partial charge in [0.15, 0.2) is 17.7 Å². The van der Waals surface area contributed by atoms with E-state index in [-0.39, 0.29) is 36.2 Å². The molecule has 14 nitrogen and oxygen atoms in total. The maximum atomic E-state index is 13.2. The number of nitrogens with zero attached hydrogens (tertiary/aromatic N) is 5. The molecule has 0 aliphatic carbocycles. The predicted molar refractivity (Wildman–Crippen MR) is 282 cm³/mol. The summed E-state index contributed by atoms with van der Waals surface area (Å²) in [5.74, 6) is 0.320. The molecule has 0 saturated carbocycles. The van der Waals surface area contributed by atoms with Crippen LogP contribution >= 0.6 is 0 Å². The van der Waals surface area contributed by atoms with Crippen molar-refractivity contribution in [2.75, 3.05) is 51.8 Å². The number of aliphatic hydroxyl groups excluding tert-OH is 2. The molecule has 2 aromatic heterocycles. The lowest BCUT2D eigenvalue weighted by Crippen LogP contribution is -2.35. The van der Waals surface area contributed by atoms with E-state index in [4.69, 9.17) is 24.7 Å². The van der Waals surface area contributed by atoms with Gasteiger partial charge in [-0.05, 0) is 64.5 Å². The van der Waals surface area contributed by atoms with E-state index < -0.39 is 24.5 Å². The molecule has 2 aromatic rings. The van der Waals surface area contributed by atoms with Crippen LogP contribution in [0.15, 0.2) is 12.7 Å². The molecule has 0 aromatic carbocycles. The number of aliphatic hydroxyl groups is 2. The highest BCUT2D eigenvalue weighted by atomic mass is 16.6. The van der Waals surface area contributed by atoms with Crippen LogP contribution in [0.4, 0.5) is 5.82 Å². The van der Waals surface area contributed by atoms with E-state index in [1.54, 1.807) is 4.57 Å². The molecule has 404 valence electrons. The Kier molecular flexibility index (Phi) is 34.7. The van der Waals surface area contributed by atoms with Gasteiger partial charge in [-0.25, -0.2) is 15.0 Å². The van der Waals surface area contributed by atoms with Crippen molar-refractivity contribution in [3.8, 4) is 0 Å². The van der Waals surface area contributed by atoms with Crippen molar-refractivity contribution in [3.63, 3.8) is 0 Å². The number of hydrogen-bond acceptors (Lipinski definition) is 13. The van der Waals surface area contributed by atoms with E-state index in [1.807, 2.05) is 0 Å². The van der Waals surface area contributed by atoms with Gasteiger partial charge in [0.05, 0.1) is 44.6 Å². The quantitative estimate of drug-likeness (QED) is 0.0421. The lowest BCUT2D eigenvalue weighted by atomic mass is 9.94. The molecule has 0 spiro atoms. The second kappa shape index (κ2) is 39.6. The van der Waals surface area contributed by atoms with Crippen LogP contribution in [-0.4, -0.2) is 111 Å². The molecule has 6 atom stereocenters. The number of carbonyl (C=O) groups excluding carboxylic acids is 2. The average Bonchev–Trinajstić information content (AvgIpc) is 3.92. The van der Waals surface area contributed by atoms with Crippen LogP contribution in [0.1, 0.15) is 239 Å². The first-order chi connectivity index (χ1) is 34.2. The van der Waals surface area contributed by atoms with Crippen molar-refractivity contribution in [1.82, 2.24) is 24.4 Å². The average molecular weight is 987 g/mol. The molecule has 0 bridgehead atoms. The second-order valence-corrected chi connectivity index (χ2v) is 20.4. The molecule has 0 radical (unpaired) electrons. The first-order valence-electron chi connectivity index (χ1n) is 28.8. The number of carbonyl (C=O) groups is 2. The zero-order valence-corrected chi connectivity index (χ0v) is 44.9. The van der Waals surface area contributed by atoms with Crippen molar-refractivity contribution in [2.24, 2.45) is 11.8 Å². The Labute approximate surface area is 424 Å². The maximum absolute atomic E-state index is 13.2. The molecular weight excluding hydrogens is 885 g/mol. The third-order valence-electron chi connectivity index (χ3n) is 14.3. The number of rotatable bonds is 46. The largest absolute Gasteiger partial charge is 0.465 e. The number of anilines is 1. The minimum Gasteiger partial charge on any atom is -0.465 e. The fourth-order valence-electron chi connectivity index (χ4n) is 9.78. The SMILES string of the molecule is CCCCCCCCC(CCCCCC)C(=O)OCCCCCCN(CCCCCCOC(=O)C(CCCCCC)CCCCCCCC)CCOCC1OC(n2cnc3c(N)ncnc32)C(O)C1O. The number of hydrogen-bond donors (Lipinski definition) is 3. The minimum atomic E-state index is -1.20. The van der Waals surface area contributed by atoms with Gasteiger partial charge in [-0.3, -0.25) is 14.2 Å². The molecule has 1 aliphatic heterocycles. The topological polar surface area (TPSA) is 184 Å². The Hall–Kier alpha value is -2.91.